The number of hydrogen-bond donors (Lipinski definition) is 1. The van der Waals surface area contributed by atoms with Crippen molar-refractivity contribution in [2.75, 3.05) is 6.61 Å². The largest absolute Gasteiger partial charge is 0.573 e. The SMILES string of the molecule is CCOC(=O)c1cc(CO)c(OC(F)(F)F)cc1C#N. The van der Waals surface area contributed by atoms with Crippen molar-refractivity contribution in [3.05, 3.63) is 28.8 Å². The van der Waals surface area contributed by atoms with E-state index < -0.39 is 24.7 Å². The smallest absolute Gasteiger partial charge is 0.462 e. The highest BCUT2D eigenvalue weighted by atomic mass is 19.4. The average Bonchev–Trinajstić information content (AvgIpc) is 2.36. The summed E-state index contributed by atoms with van der Waals surface area (Å²) in [7, 11) is 0. The number of nitriles is 1. The van der Waals surface area contributed by atoms with Crippen LogP contribution in [-0.2, 0) is 11.3 Å². The molecule has 108 valence electrons. The Hall–Kier alpha value is -2.27. The van der Waals surface area contributed by atoms with Gasteiger partial charge >= 0.3 is 12.3 Å². The second kappa shape index (κ2) is 6.25. The van der Waals surface area contributed by atoms with E-state index in [4.69, 9.17) is 10.4 Å². The number of ether oxygens (including phenoxy) is 2. The third kappa shape index (κ3) is 3.86. The topological polar surface area (TPSA) is 79.6 Å². The van der Waals surface area contributed by atoms with Gasteiger partial charge in [-0.3, -0.25) is 0 Å². The first-order valence-corrected chi connectivity index (χ1v) is 5.43. The second-order valence-corrected chi connectivity index (χ2v) is 3.54. The molecule has 0 aromatic heterocycles. The molecule has 0 fully saturated rings. The number of nitrogens with zero attached hydrogens (tertiary/aromatic N) is 1. The van der Waals surface area contributed by atoms with Crippen LogP contribution in [0.5, 0.6) is 5.75 Å². The molecule has 0 aliphatic carbocycles. The first-order chi connectivity index (χ1) is 9.32. The minimum atomic E-state index is -4.97. The summed E-state index contributed by atoms with van der Waals surface area (Å²) >= 11 is 0. The Balaban J connectivity index is 3.31. The van der Waals surface area contributed by atoms with Crippen LogP contribution in [0, 0.1) is 11.3 Å². The van der Waals surface area contributed by atoms with Gasteiger partial charge in [0, 0.05) is 5.56 Å². The Morgan fingerprint density at radius 1 is 1.45 bits per heavy atom. The van der Waals surface area contributed by atoms with Crippen LogP contribution < -0.4 is 4.74 Å². The van der Waals surface area contributed by atoms with Crippen LogP contribution in [0.4, 0.5) is 13.2 Å². The lowest BCUT2D eigenvalue weighted by Gasteiger charge is -2.14. The average molecular weight is 289 g/mol. The highest BCUT2D eigenvalue weighted by molar-refractivity contribution is 5.92. The van der Waals surface area contributed by atoms with Gasteiger partial charge in [0.1, 0.15) is 11.8 Å². The van der Waals surface area contributed by atoms with Crippen LogP contribution in [0.1, 0.15) is 28.4 Å². The number of hydrogen-bond acceptors (Lipinski definition) is 5. The summed E-state index contributed by atoms with van der Waals surface area (Å²) in [6.07, 6.45) is -4.97. The second-order valence-electron chi connectivity index (χ2n) is 3.54. The Morgan fingerprint density at radius 3 is 2.55 bits per heavy atom. The van der Waals surface area contributed by atoms with Crippen LogP contribution in [-0.4, -0.2) is 24.0 Å². The molecular formula is C12H10F3NO4. The third-order valence-corrected chi connectivity index (χ3v) is 2.21. The van der Waals surface area contributed by atoms with E-state index in [9.17, 15) is 18.0 Å². The minimum absolute atomic E-state index is 0.0406. The molecular weight excluding hydrogens is 279 g/mol. The zero-order valence-corrected chi connectivity index (χ0v) is 10.3. The monoisotopic (exact) mass is 289 g/mol. The fourth-order valence-corrected chi connectivity index (χ4v) is 1.44. The molecule has 0 aliphatic heterocycles. The molecule has 1 N–H and O–H groups in total. The first-order valence-electron chi connectivity index (χ1n) is 5.43. The number of carbonyl (C=O) groups is 1. The van der Waals surface area contributed by atoms with Gasteiger partial charge in [-0.25, -0.2) is 4.79 Å². The normalized spacial score (nSPS) is 10.8. The highest BCUT2D eigenvalue weighted by Gasteiger charge is 2.32. The standard InChI is InChI=1S/C12H10F3NO4/c1-2-19-11(18)9-3-8(6-17)10(4-7(9)5-16)20-12(13,14)15/h3-4,17H,2,6H2,1H3. The van der Waals surface area contributed by atoms with Crippen molar-refractivity contribution < 1.29 is 32.5 Å². The number of halogens is 3. The molecule has 1 aromatic rings. The number of alkyl halides is 3. The molecule has 0 unspecified atom stereocenters. The maximum atomic E-state index is 12.2. The lowest BCUT2D eigenvalue weighted by Crippen LogP contribution is -2.19. The third-order valence-electron chi connectivity index (χ3n) is 2.21. The van der Waals surface area contributed by atoms with Gasteiger partial charge in [-0.15, -0.1) is 13.2 Å². The van der Waals surface area contributed by atoms with E-state index in [0.29, 0.717) is 0 Å². The number of benzene rings is 1. The molecule has 0 saturated carbocycles. The first kappa shape index (κ1) is 15.8. The summed E-state index contributed by atoms with van der Waals surface area (Å²) in [6.45, 7) is 0.792. The van der Waals surface area contributed by atoms with E-state index in [0.717, 1.165) is 12.1 Å². The van der Waals surface area contributed by atoms with Crippen LogP contribution in [0.25, 0.3) is 0 Å². The van der Waals surface area contributed by atoms with Crippen molar-refractivity contribution in [3.63, 3.8) is 0 Å². The molecule has 0 atom stereocenters. The van der Waals surface area contributed by atoms with Gasteiger partial charge in [-0.2, -0.15) is 5.26 Å². The van der Waals surface area contributed by atoms with Gasteiger partial charge < -0.3 is 14.6 Å². The van der Waals surface area contributed by atoms with Crippen LogP contribution in [0.2, 0.25) is 0 Å². The Labute approximate surface area is 112 Å². The zero-order valence-electron chi connectivity index (χ0n) is 10.3. The molecule has 8 heteroatoms. The van der Waals surface area contributed by atoms with Crippen molar-refractivity contribution in [3.8, 4) is 11.8 Å². The fourth-order valence-electron chi connectivity index (χ4n) is 1.44. The van der Waals surface area contributed by atoms with E-state index in [2.05, 4.69) is 9.47 Å². The summed E-state index contributed by atoms with van der Waals surface area (Å²) in [6, 6.07) is 3.27. The number of rotatable bonds is 4. The van der Waals surface area contributed by atoms with Crippen LogP contribution in [0.3, 0.4) is 0 Å². The molecule has 0 saturated heterocycles. The lowest BCUT2D eigenvalue weighted by atomic mass is 10.0. The van der Waals surface area contributed by atoms with Gasteiger partial charge in [0.15, 0.2) is 0 Å². The minimum Gasteiger partial charge on any atom is -0.462 e. The number of aliphatic hydroxyl groups excluding tert-OH is 1. The summed E-state index contributed by atoms with van der Waals surface area (Å²) in [5.41, 5.74) is -0.836. The molecule has 5 nitrogen and oxygen atoms in total. The maximum absolute atomic E-state index is 12.2. The molecule has 1 rings (SSSR count). The Kier molecular flexibility index (Phi) is 4.94. The number of esters is 1. The summed E-state index contributed by atoms with van der Waals surface area (Å²) in [4.78, 5) is 11.6. The Morgan fingerprint density at radius 2 is 2.10 bits per heavy atom. The van der Waals surface area contributed by atoms with Gasteiger partial charge in [0.2, 0.25) is 0 Å². The summed E-state index contributed by atoms with van der Waals surface area (Å²) in [5, 5.41) is 17.9. The predicted octanol–water partition coefficient (Wildman–Crippen LogP) is 2.13. The van der Waals surface area contributed by atoms with Crippen LogP contribution in [0.15, 0.2) is 12.1 Å². The van der Waals surface area contributed by atoms with Gasteiger partial charge in [0.05, 0.1) is 24.3 Å². The van der Waals surface area contributed by atoms with Crippen molar-refractivity contribution in [1.82, 2.24) is 0 Å². The van der Waals surface area contributed by atoms with Gasteiger partial charge in [0.25, 0.3) is 0 Å². The van der Waals surface area contributed by atoms with E-state index in [-0.39, 0.29) is 23.3 Å². The van der Waals surface area contributed by atoms with Crippen molar-refractivity contribution in [2.24, 2.45) is 0 Å². The quantitative estimate of drug-likeness (QED) is 0.859. The molecule has 0 bridgehead atoms. The summed E-state index contributed by atoms with van der Waals surface area (Å²) < 4.78 is 45.0. The number of carbonyl (C=O) groups excluding carboxylic acids is 1. The van der Waals surface area contributed by atoms with Crippen molar-refractivity contribution >= 4 is 5.97 Å². The van der Waals surface area contributed by atoms with Gasteiger partial charge in [-0.1, -0.05) is 0 Å². The molecule has 0 spiro atoms. The van der Waals surface area contributed by atoms with Gasteiger partial charge in [-0.05, 0) is 19.1 Å². The number of aliphatic hydroxyl groups is 1. The van der Waals surface area contributed by atoms with E-state index >= 15 is 0 Å². The zero-order chi connectivity index (χ0) is 15.3. The summed E-state index contributed by atoms with van der Waals surface area (Å²) in [5.74, 6) is -1.60. The molecule has 1 aromatic carbocycles. The van der Waals surface area contributed by atoms with Crippen molar-refractivity contribution in [2.45, 2.75) is 19.9 Å². The van der Waals surface area contributed by atoms with E-state index in [1.165, 1.54) is 6.92 Å². The highest BCUT2D eigenvalue weighted by Crippen LogP contribution is 2.29. The molecule has 0 heterocycles. The fraction of sp³-hybridized carbons (Fsp3) is 0.333. The van der Waals surface area contributed by atoms with Crippen LogP contribution >= 0.6 is 0 Å². The van der Waals surface area contributed by atoms with E-state index in [1.807, 2.05) is 0 Å². The predicted molar refractivity (Wildman–Crippen MR) is 59.7 cm³/mol. The Bertz CT molecular complexity index is 549. The lowest BCUT2D eigenvalue weighted by molar-refractivity contribution is -0.275. The van der Waals surface area contributed by atoms with E-state index in [1.54, 1.807) is 6.07 Å². The van der Waals surface area contributed by atoms with Crippen molar-refractivity contribution in [1.29, 1.82) is 5.26 Å². The molecule has 0 aliphatic rings. The molecule has 0 amide bonds. The molecule has 0 radical (unpaired) electrons. The molecule has 20 heavy (non-hydrogen) atoms. The maximum Gasteiger partial charge on any atom is 0.573 e.